The number of halogens is 1. The van der Waals surface area contributed by atoms with Crippen molar-refractivity contribution in [2.45, 2.75) is 78.2 Å². The van der Waals surface area contributed by atoms with Crippen molar-refractivity contribution in [1.29, 1.82) is 0 Å². The molecule has 1 aromatic heterocycles. The zero-order valence-corrected chi connectivity index (χ0v) is 19.6. The highest BCUT2D eigenvalue weighted by Crippen LogP contribution is 2.28. The van der Waals surface area contributed by atoms with Gasteiger partial charge in [0.2, 0.25) is 0 Å². The maximum atomic E-state index is 15.1. The molecule has 8 heteroatoms. The van der Waals surface area contributed by atoms with Crippen molar-refractivity contribution in [2.24, 2.45) is 13.0 Å². The predicted octanol–water partition coefficient (Wildman–Crippen LogP) is 4.15. The Kier molecular flexibility index (Phi) is 8.10. The fourth-order valence-electron chi connectivity index (χ4n) is 4.33. The van der Waals surface area contributed by atoms with Crippen molar-refractivity contribution < 1.29 is 13.9 Å². The lowest BCUT2D eigenvalue weighted by atomic mass is 9.89. The van der Waals surface area contributed by atoms with Crippen molar-refractivity contribution in [1.82, 2.24) is 19.7 Å². The van der Waals surface area contributed by atoms with Crippen molar-refractivity contribution in [3.8, 4) is 11.4 Å². The van der Waals surface area contributed by atoms with Gasteiger partial charge in [-0.2, -0.15) is 4.68 Å². The quantitative estimate of drug-likeness (QED) is 0.628. The number of hydrogen-bond acceptors (Lipinski definition) is 4. The van der Waals surface area contributed by atoms with Gasteiger partial charge in [0.15, 0.2) is 0 Å². The molecule has 176 valence electrons. The van der Waals surface area contributed by atoms with E-state index >= 15 is 4.39 Å². The number of nitrogens with one attached hydrogen (secondary N) is 1. The van der Waals surface area contributed by atoms with Crippen molar-refractivity contribution in [3.05, 3.63) is 39.8 Å². The zero-order valence-electron chi connectivity index (χ0n) is 19.6. The Morgan fingerprint density at radius 2 is 2.00 bits per heavy atom. The summed E-state index contributed by atoms with van der Waals surface area (Å²) in [7, 11) is 1.61. The molecule has 1 aliphatic carbocycles. The first-order chi connectivity index (χ1) is 15.3. The summed E-state index contributed by atoms with van der Waals surface area (Å²) in [5.41, 5.74) is -0.319. The molecule has 32 heavy (non-hydrogen) atoms. The Morgan fingerprint density at radius 3 is 2.62 bits per heavy atom. The molecule has 0 spiro atoms. The number of amides is 1. The van der Waals surface area contributed by atoms with Crippen LogP contribution in [0, 0.1) is 11.7 Å². The van der Waals surface area contributed by atoms with Crippen LogP contribution in [-0.4, -0.2) is 32.9 Å². The van der Waals surface area contributed by atoms with Gasteiger partial charge in [0.1, 0.15) is 23.1 Å². The maximum Gasteiger partial charge on any atom is 0.350 e. The number of benzene rings is 1. The first kappa shape index (κ1) is 24.0. The van der Waals surface area contributed by atoms with Crippen LogP contribution >= 0.6 is 0 Å². The number of aromatic nitrogens is 3. The van der Waals surface area contributed by atoms with Gasteiger partial charge in [-0.25, -0.2) is 9.18 Å². The Labute approximate surface area is 189 Å². The standard InChI is InChI=1S/C24H35FN4O3/c1-5-10-16(3)32-21-14-20(29-24(31)28(4)22(6-2)27-29)19(25)13-18(21)23(30)26-15-17-11-8-7-9-12-17/h13-14,16-17H,5-12,15H2,1-4H3,(H,26,30)/t16-/m0/s1. The van der Waals surface area contributed by atoms with Gasteiger partial charge < -0.3 is 10.1 Å². The molecule has 3 rings (SSSR count). The van der Waals surface area contributed by atoms with Crippen LogP contribution < -0.4 is 15.7 Å². The summed E-state index contributed by atoms with van der Waals surface area (Å²) < 4.78 is 23.6. The van der Waals surface area contributed by atoms with Gasteiger partial charge in [-0.05, 0) is 38.2 Å². The minimum absolute atomic E-state index is 0.0205. The zero-order chi connectivity index (χ0) is 23.3. The van der Waals surface area contributed by atoms with Crippen LogP contribution in [0.25, 0.3) is 5.69 Å². The molecule has 1 fully saturated rings. The highest BCUT2D eigenvalue weighted by molar-refractivity contribution is 5.97. The van der Waals surface area contributed by atoms with Crippen LogP contribution in [0.15, 0.2) is 16.9 Å². The van der Waals surface area contributed by atoms with Gasteiger partial charge in [0.05, 0.1) is 11.7 Å². The summed E-state index contributed by atoms with van der Waals surface area (Å²) in [4.78, 5) is 25.6. The van der Waals surface area contributed by atoms with E-state index in [1.165, 1.54) is 29.9 Å². The Balaban J connectivity index is 1.94. The minimum Gasteiger partial charge on any atom is -0.490 e. The summed E-state index contributed by atoms with van der Waals surface area (Å²) in [6.45, 7) is 6.42. The summed E-state index contributed by atoms with van der Waals surface area (Å²) in [6.07, 6.45) is 7.92. The highest BCUT2D eigenvalue weighted by Gasteiger charge is 2.23. The van der Waals surface area contributed by atoms with Crippen molar-refractivity contribution >= 4 is 5.91 Å². The third-order valence-electron chi connectivity index (χ3n) is 6.21. The largest absolute Gasteiger partial charge is 0.490 e. The SMILES string of the molecule is CCC[C@H](C)Oc1cc(-n2nc(CC)n(C)c2=O)c(F)cc1C(=O)NCC1CCCCC1. The number of ether oxygens (including phenoxy) is 1. The third-order valence-corrected chi connectivity index (χ3v) is 6.21. The first-order valence-electron chi connectivity index (χ1n) is 11.8. The average Bonchev–Trinajstić information content (AvgIpc) is 3.07. The second-order valence-electron chi connectivity index (χ2n) is 8.75. The van der Waals surface area contributed by atoms with E-state index in [9.17, 15) is 9.59 Å². The van der Waals surface area contributed by atoms with E-state index < -0.39 is 11.5 Å². The maximum absolute atomic E-state index is 15.1. The molecule has 1 saturated carbocycles. The molecule has 0 radical (unpaired) electrons. The lowest BCUT2D eigenvalue weighted by molar-refractivity contribution is 0.0936. The molecule has 0 aliphatic heterocycles. The van der Waals surface area contributed by atoms with E-state index in [-0.39, 0.29) is 29.0 Å². The number of aryl methyl sites for hydroxylation is 1. The molecule has 2 aromatic rings. The van der Waals surface area contributed by atoms with Crippen LogP contribution in [0.1, 0.15) is 81.9 Å². The molecular weight excluding hydrogens is 411 g/mol. The molecule has 1 aromatic carbocycles. The van der Waals surface area contributed by atoms with Crippen molar-refractivity contribution in [3.63, 3.8) is 0 Å². The number of hydrogen-bond donors (Lipinski definition) is 1. The van der Waals surface area contributed by atoms with Gasteiger partial charge >= 0.3 is 5.69 Å². The summed E-state index contributed by atoms with van der Waals surface area (Å²) in [5.74, 6) is 0.220. The number of carbonyl (C=O) groups excluding carboxylic acids is 1. The van der Waals surface area contributed by atoms with Crippen LogP contribution in [0.2, 0.25) is 0 Å². The van der Waals surface area contributed by atoms with Gasteiger partial charge in [-0.15, -0.1) is 5.10 Å². The number of rotatable bonds is 9. The monoisotopic (exact) mass is 446 g/mol. The normalized spacial score (nSPS) is 15.5. The summed E-state index contributed by atoms with van der Waals surface area (Å²) in [6, 6.07) is 2.58. The molecule has 1 aliphatic rings. The smallest absolute Gasteiger partial charge is 0.350 e. The second-order valence-corrected chi connectivity index (χ2v) is 8.75. The predicted molar refractivity (Wildman–Crippen MR) is 122 cm³/mol. The second kappa shape index (κ2) is 10.8. The van der Waals surface area contributed by atoms with E-state index in [2.05, 4.69) is 10.4 Å². The highest BCUT2D eigenvalue weighted by atomic mass is 19.1. The molecule has 7 nitrogen and oxygen atoms in total. The lowest BCUT2D eigenvalue weighted by Gasteiger charge is -2.22. The van der Waals surface area contributed by atoms with Gasteiger partial charge in [0, 0.05) is 26.1 Å². The van der Waals surface area contributed by atoms with E-state index in [4.69, 9.17) is 4.74 Å². The Bertz CT molecular complexity index is 992. The molecule has 1 N–H and O–H groups in total. The molecule has 1 amide bonds. The van der Waals surface area contributed by atoms with Crippen LogP contribution in [0.3, 0.4) is 0 Å². The molecule has 1 atom stereocenters. The third kappa shape index (κ3) is 5.40. The van der Waals surface area contributed by atoms with E-state index in [1.807, 2.05) is 20.8 Å². The fraction of sp³-hybridized carbons (Fsp3) is 0.625. The summed E-state index contributed by atoms with van der Waals surface area (Å²) >= 11 is 0. The minimum atomic E-state index is -0.689. The van der Waals surface area contributed by atoms with E-state index in [1.54, 1.807) is 7.05 Å². The van der Waals surface area contributed by atoms with Gasteiger partial charge in [0.25, 0.3) is 5.91 Å². The Hall–Kier alpha value is -2.64. The van der Waals surface area contributed by atoms with Crippen LogP contribution in [0.4, 0.5) is 4.39 Å². The van der Waals surface area contributed by atoms with Gasteiger partial charge in [-0.1, -0.05) is 39.5 Å². The molecule has 0 saturated heterocycles. The van der Waals surface area contributed by atoms with Gasteiger partial charge in [-0.3, -0.25) is 9.36 Å². The van der Waals surface area contributed by atoms with Crippen molar-refractivity contribution in [2.75, 3.05) is 6.54 Å². The molecule has 0 bridgehead atoms. The molecular formula is C24H35FN4O3. The molecule has 0 unspecified atom stereocenters. The van der Waals surface area contributed by atoms with E-state index in [0.717, 1.165) is 36.4 Å². The van der Waals surface area contributed by atoms with Crippen LogP contribution in [-0.2, 0) is 13.5 Å². The average molecular weight is 447 g/mol. The number of nitrogens with zero attached hydrogens (tertiary/aromatic N) is 3. The topological polar surface area (TPSA) is 78.2 Å². The molecule has 1 heterocycles. The van der Waals surface area contributed by atoms with Crippen LogP contribution in [0.5, 0.6) is 5.75 Å². The number of carbonyl (C=O) groups is 1. The first-order valence-corrected chi connectivity index (χ1v) is 11.8. The lowest BCUT2D eigenvalue weighted by Crippen LogP contribution is -2.31. The fourth-order valence-corrected chi connectivity index (χ4v) is 4.33. The Morgan fingerprint density at radius 1 is 1.28 bits per heavy atom. The van der Waals surface area contributed by atoms with E-state index in [0.29, 0.717) is 24.7 Å². The summed E-state index contributed by atoms with van der Waals surface area (Å²) in [5, 5.41) is 7.22.